The minimum absolute atomic E-state index is 0.278. The third-order valence-electron chi connectivity index (χ3n) is 4.07. The van der Waals surface area contributed by atoms with Gasteiger partial charge in [0.25, 0.3) is 0 Å². The van der Waals surface area contributed by atoms with Gasteiger partial charge in [-0.1, -0.05) is 18.2 Å². The van der Waals surface area contributed by atoms with Crippen molar-refractivity contribution < 1.29 is 19.4 Å². The molecule has 4 heteroatoms. The van der Waals surface area contributed by atoms with Gasteiger partial charge in [0, 0.05) is 5.56 Å². The fourth-order valence-corrected chi connectivity index (χ4v) is 3.05. The van der Waals surface area contributed by atoms with Gasteiger partial charge in [-0.3, -0.25) is 4.79 Å². The van der Waals surface area contributed by atoms with Gasteiger partial charge in [0.05, 0.1) is 11.5 Å². The highest BCUT2D eigenvalue weighted by Gasteiger charge is 2.48. The number of hydrogen-bond donors (Lipinski definition) is 1. The highest BCUT2D eigenvalue weighted by Crippen LogP contribution is 2.47. The number of carboxylic acid groups (broad SMARTS) is 1. The molecule has 0 radical (unpaired) electrons. The molecule has 1 N–H and O–H groups in total. The first kappa shape index (κ1) is 11.3. The lowest BCUT2D eigenvalue weighted by Gasteiger charge is -2.35. The zero-order valence-electron chi connectivity index (χ0n) is 9.89. The van der Waals surface area contributed by atoms with Gasteiger partial charge in [0.2, 0.25) is 0 Å². The lowest BCUT2D eigenvalue weighted by atomic mass is 9.75. The maximum absolute atomic E-state index is 11.8. The molecule has 2 aliphatic rings. The predicted octanol–water partition coefficient (Wildman–Crippen LogP) is 2.33. The van der Waals surface area contributed by atoms with Crippen molar-refractivity contribution in [3.05, 3.63) is 35.4 Å². The third-order valence-corrected chi connectivity index (χ3v) is 4.07. The largest absolute Gasteiger partial charge is 0.481 e. The minimum Gasteiger partial charge on any atom is -0.481 e. The quantitative estimate of drug-likeness (QED) is 0.772. The molecule has 94 valence electrons. The number of fused-ring (bicyclic) bond motifs is 2. The van der Waals surface area contributed by atoms with E-state index >= 15 is 0 Å². The van der Waals surface area contributed by atoms with Crippen molar-refractivity contribution in [2.75, 3.05) is 0 Å². The molecule has 0 saturated heterocycles. The molecule has 0 aromatic heterocycles. The van der Waals surface area contributed by atoms with Crippen LogP contribution in [0.4, 0.5) is 0 Å². The molecule has 1 saturated carbocycles. The Bertz CT molecular complexity index is 512. The molecule has 1 aromatic carbocycles. The summed E-state index contributed by atoms with van der Waals surface area (Å²) in [5, 5.41) is 9.01. The van der Waals surface area contributed by atoms with Crippen LogP contribution in [0, 0.1) is 5.92 Å². The van der Waals surface area contributed by atoms with Crippen LogP contribution >= 0.6 is 0 Å². The number of rotatable bonds is 1. The molecule has 0 atom stereocenters. The second kappa shape index (κ2) is 3.83. The number of carboxylic acids is 1. The maximum atomic E-state index is 11.8. The SMILES string of the molecule is O=C1OC2(CCC(C(=O)O)CC2)c2ccccc21. The summed E-state index contributed by atoms with van der Waals surface area (Å²) in [6.07, 6.45) is 2.34. The summed E-state index contributed by atoms with van der Waals surface area (Å²) >= 11 is 0. The summed E-state index contributed by atoms with van der Waals surface area (Å²) in [7, 11) is 0. The van der Waals surface area contributed by atoms with E-state index in [9.17, 15) is 9.59 Å². The number of hydrogen-bond acceptors (Lipinski definition) is 3. The Morgan fingerprint density at radius 1 is 1.28 bits per heavy atom. The average Bonchev–Trinajstić information content (AvgIpc) is 2.64. The van der Waals surface area contributed by atoms with Crippen LogP contribution in [0.5, 0.6) is 0 Å². The highest BCUT2D eigenvalue weighted by molar-refractivity contribution is 5.94. The molecule has 1 aliphatic carbocycles. The second-order valence-electron chi connectivity index (χ2n) is 5.04. The van der Waals surface area contributed by atoms with E-state index in [1.807, 2.05) is 18.2 Å². The summed E-state index contributed by atoms with van der Waals surface area (Å²) in [4.78, 5) is 22.8. The molecule has 1 aliphatic heterocycles. The molecule has 3 rings (SSSR count). The molecule has 1 fully saturated rings. The number of benzene rings is 1. The van der Waals surface area contributed by atoms with Crippen LogP contribution in [-0.2, 0) is 15.1 Å². The van der Waals surface area contributed by atoms with E-state index in [1.165, 1.54) is 0 Å². The molecule has 1 heterocycles. The first-order chi connectivity index (χ1) is 8.62. The lowest BCUT2D eigenvalue weighted by Crippen LogP contribution is -2.34. The van der Waals surface area contributed by atoms with Gasteiger partial charge in [-0.2, -0.15) is 0 Å². The van der Waals surface area contributed by atoms with Crippen LogP contribution in [-0.4, -0.2) is 17.0 Å². The highest BCUT2D eigenvalue weighted by atomic mass is 16.6. The van der Waals surface area contributed by atoms with Gasteiger partial charge < -0.3 is 9.84 Å². The Morgan fingerprint density at radius 3 is 2.61 bits per heavy atom. The van der Waals surface area contributed by atoms with Gasteiger partial charge in [0.1, 0.15) is 5.60 Å². The van der Waals surface area contributed by atoms with Crippen LogP contribution in [0.15, 0.2) is 24.3 Å². The summed E-state index contributed by atoms with van der Waals surface area (Å²) in [6, 6.07) is 7.41. The number of carbonyl (C=O) groups is 2. The van der Waals surface area contributed by atoms with Crippen molar-refractivity contribution in [1.29, 1.82) is 0 Å². The van der Waals surface area contributed by atoms with Crippen molar-refractivity contribution in [1.82, 2.24) is 0 Å². The van der Waals surface area contributed by atoms with E-state index in [1.54, 1.807) is 6.07 Å². The van der Waals surface area contributed by atoms with Crippen LogP contribution in [0.2, 0.25) is 0 Å². The Hall–Kier alpha value is -1.84. The van der Waals surface area contributed by atoms with Crippen molar-refractivity contribution in [3.8, 4) is 0 Å². The topological polar surface area (TPSA) is 63.6 Å². The van der Waals surface area contributed by atoms with E-state index in [0.717, 1.165) is 5.56 Å². The Kier molecular flexibility index (Phi) is 2.40. The van der Waals surface area contributed by atoms with Crippen LogP contribution < -0.4 is 0 Å². The molecular formula is C14H14O4. The monoisotopic (exact) mass is 246 g/mol. The molecule has 4 nitrogen and oxygen atoms in total. The van der Waals surface area contributed by atoms with Crippen molar-refractivity contribution in [2.45, 2.75) is 31.3 Å². The van der Waals surface area contributed by atoms with Gasteiger partial charge in [-0.05, 0) is 31.7 Å². The number of carbonyl (C=O) groups excluding carboxylic acids is 1. The molecule has 1 spiro atoms. The van der Waals surface area contributed by atoms with Crippen LogP contribution in [0.25, 0.3) is 0 Å². The summed E-state index contributed by atoms with van der Waals surface area (Å²) in [5.41, 5.74) is 0.990. The molecule has 0 bridgehead atoms. The first-order valence-electron chi connectivity index (χ1n) is 6.18. The van der Waals surface area contributed by atoms with E-state index in [2.05, 4.69) is 0 Å². The van der Waals surface area contributed by atoms with E-state index in [4.69, 9.17) is 9.84 Å². The Labute approximate surface area is 105 Å². The van der Waals surface area contributed by atoms with Crippen molar-refractivity contribution in [2.24, 2.45) is 5.92 Å². The van der Waals surface area contributed by atoms with Crippen LogP contribution in [0.1, 0.15) is 41.6 Å². The smallest absolute Gasteiger partial charge is 0.339 e. The van der Waals surface area contributed by atoms with Gasteiger partial charge in [-0.15, -0.1) is 0 Å². The molecule has 18 heavy (non-hydrogen) atoms. The van der Waals surface area contributed by atoms with Crippen LogP contribution in [0.3, 0.4) is 0 Å². The van der Waals surface area contributed by atoms with Gasteiger partial charge >= 0.3 is 11.9 Å². The summed E-state index contributed by atoms with van der Waals surface area (Å²) < 4.78 is 5.56. The van der Waals surface area contributed by atoms with Crippen molar-refractivity contribution in [3.63, 3.8) is 0 Å². The number of aliphatic carboxylic acids is 1. The van der Waals surface area contributed by atoms with E-state index in [-0.39, 0.29) is 11.9 Å². The summed E-state index contributed by atoms with van der Waals surface area (Å²) in [6.45, 7) is 0. The predicted molar refractivity (Wildman–Crippen MR) is 63.1 cm³/mol. The van der Waals surface area contributed by atoms with Gasteiger partial charge in [-0.25, -0.2) is 4.79 Å². The molecule has 1 aromatic rings. The fourth-order valence-electron chi connectivity index (χ4n) is 3.05. The van der Waals surface area contributed by atoms with E-state index in [0.29, 0.717) is 31.2 Å². The first-order valence-corrected chi connectivity index (χ1v) is 6.18. The average molecular weight is 246 g/mol. The standard InChI is InChI=1S/C14H14O4/c15-12(16)9-5-7-14(8-6-9)11-4-2-1-3-10(11)13(17)18-14/h1-4,9H,5-8H2,(H,15,16). The van der Waals surface area contributed by atoms with Crippen molar-refractivity contribution >= 4 is 11.9 Å². The third kappa shape index (κ3) is 1.52. The van der Waals surface area contributed by atoms with E-state index < -0.39 is 11.6 Å². The zero-order chi connectivity index (χ0) is 12.8. The molecule has 0 amide bonds. The number of ether oxygens (including phenoxy) is 1. The summed E-state index contributed by atoms with van der Waals surface area (Å²) in [5.74, 6) is -1.33. The Morgan fingerprint density at radius 2 is 1.94 bits per heavy atom. The molecule has 0 unspecified atom stereocenters. The van der Waals surface area contributed by atoms with Gasteiger partial charge in [0.15, 0.2) is 0 Å². The maximum Gasteiger partial charge on any atom is 0.339 e. The normalized spacial score (nSPS) is 30.0. The minimum atomic E-state index is -0.748. The second-order valence-corrected chi connectivity index (χ2v) is 5.04. The fraction of sp³-hybridized carbons (Fsp3) is 0.429. The lowest BCUT2D eigenvalue weighted by molar-refractivity contribution is -0.144. The zero-order valence-corrected chi connectivity index (χ0v) is 9.89. The number of esters is 1. The molecular weight excluding hydrogens is 232 g/mol. The Balaban J connectivity index is 1.91.